The Morgan fingerprint density at radius 1 is 1.15 bits per heavy atom. The highest BCUT2D eigenvalue weighted by Crippen LogP contribution is 2.27. The zero-order chi connectivity index (χ0) is 18.1. The topological polar surface area (TPSA) is 113 Å². The Hall–Kier alpha value is -3.55. The summed E-state index contributed by atoms with van der Waals surface area (Å²) in [5.41, 5.74) is 2.87. The highest BCUT2D eigenvalue weighted by Gasteiger charge is 2.21. The number of hydrogen-bond acceptors (Lipinski definition) is 3. The quantitative estimate of drug-likeness (QED) is 0.444. The standard InChI is InChI=1S/C18H18N6O2/c1-2-8-24(16-10-17(25)23-22-16)18(26)11-4-3-5-13-12(11)9-15(20-13)14-6-7-19-21-14/h3-7,9-10,20H,2,8H2,1H3,(H,19,21)(H2,22,23,25). The van der Waals surface area contributed by atoms with E-state index in [2.05, 4.69) is 25.4 Å². The summed E-state index contributed by atoms with van der Waals surface area (Å²) in [4.78, 5) is 29.6. The van der Waals surface area contributed by atoms with Gasteiger partial charge in [-0.2, -0.15) is 5.10 Å². The maximum atomic E-state index is 13.2. The Bertz CT molecular complexity index is 1100. The Morgan fingerprint density at radius 3 is 2.73 bits per heavy atom. The number of amides is 1. The van der Waals surface area contributed by atoms with Crippen LogP contribution in [0, 0.1) is 0 Å². The fraction of sp³-hybridized carbons (Fsp3) is 0.167. The number of rotatable bonds is 5. The predicted molar refractivity (Wildman–Crippen MR) is 99.3 cm³/mol. The first kappa shape index (κ1) is 15.9. The average molecular weight is 350 g/mol. The molecule has 0 aliphatic carbocycles. The van der Waals surface area contributed by atoms with Crippen LogP contribution >= 0.6 is 0 Å². The molecule has 4 rings (SSSR count). The van der Waals surface area contributed by atoms with E-state index < -0.39 is 0 Å². The van der Waals surface area contributed by atoms with Crippen LogP contribution in [-0.4, -0.2) is 37.8 Å². The molecule has 0 saturated heterocycles. The minimum atomic E-state index is -0.268. The molecule has 1 amide bonds. The van der Waals surface area contributed by atoms with Crippen LogP contribution in [0.3, 0.4) is 0 Å². The van der Waals surface area contributed by atoms with E-state index in [9.17, 15) is 9.59 Å². The van der Waals surface area contributed by atoms with Crippen LogP contribution in [0.1, 0.15) is 23.7 Å². The first-order valence-corrected chi connectivity index (χ1v) is 8.38. The van der Waals surface area contributed by atoms with Crippen molar-refractivity contribution >= 4 is 22.6 Å². The van der Waals surface area contributed by atoms with Gasteiger partial charge in [-0.25, -0.2) is 0 Å². The zero-order valence-electron chi connectivity index (χ0n) is 14.2. The minimum Gasteiger partial charge on any atom is -0.353 e. The number of nitrogens with one attached hydrogen (secondary N) is 4. The van der Waals surface area contributed by atoms with Gasteiger partial charge in [0.05, 0.1) is 11.4 Å². The lowest BCUT2D eigenvalue weighted by Gasteiger charge is -2.20. The van der Waals surface area contributed by atoms with Crippen LogP contribution in [-0.2, 0) is 0 Å². The fourth-order valence-electron chi connectivity index (χ4n) is 3.06. The molecule has 0 atom stereocenters. The van der Waals surface area contributed by atoms with E-state index >= 15 is 0 Å². The van der Waals surface area contributed by atoms with Gasteiger partial charge in [-0.15, -0.1) is 0 Å². The Kier molecular flexibility index (Phi) is 3.92. The van der Waals surface area contributed by atoms with Gasteiger partial charge in [-0.05, 0) is 30.7 Å². The maximum absolute atomic E-state index is 13.2. The maximum Gasteiger partial charge on any atom is 0.266 e. The molecule has 0 aliphatic rings. The molecule has 3 heterocycles. The summed E-state index contributed by atoms with van der Waals surface area (Å²) in [6, 6.07) is 10.7. The predicted octanol–water partition coefficient (Wildman–Crippen LogP) is 2.63. The van der Waals surface area contributed by atoms with Crippen LogP contribution in [0.15, 0.2) is 47.4 Å². The zero-order valence-corrected chi connectivity index (χ0v) is 14.2. The van der Waals surface area contributed by atoms with Crippen molar-refractivity contribution in [3.05, 3.63) is 58.5 Å². The van der Waals surface area contributed by atoms with Crippen molar-refractivity contribution in [3.8, 4) is 11.4 Å². The number of H-pyrrole nitrogens is 4. The molecule has 0 fully saturated rings. The molecular formula is C18H18N6O2. The van der Waals surface area contributed by atoms with E-state index in [1.54, 1.807) is 17.2 Å². The minimum absolute atomic E-state index is 0.164. The average Bonchev–Trinajstić information content (AvgIpc) is 3.37. The number of fused-ring (bicyclic) bond motifs is 1. The molecule has 1 aromatic carbocycles. The van der Waals surface area contributed by atoms with E-state index in [0.29, 0.717) is 17.9 Å². The summed E-state index contributed by atoms with van der Waals surface area (Å²) < 4.78 is 0. The normalized spacial score (nSPS) is 11.1. The van der Waals surface area contributed by atoms with Crippen molar-refractivity contribution in [1.29, 1.82) is 0 Å². The summed E-state index contributed by atoms with van der Waals surface area (Å²) in [6.07, 6.45) is 2.44. The smallest absolute Gasteiger partial charge is 0.266 e. The summed E-state index contributed by atoms with van der Waals surface area (Å²) in [6.45, 7) is 2.49. The molecule has 0 saturated carbocycles. The van der Waals surface area contributed by atoms with E-state index in [4.69, 9.17) is 0 Å². The lowest BCUT2D eigenvalue weighted by atomic mass is 10.1. The van der Waals surface area contributed by atoms with Gasteiger partial charge in [0.2, 0.25) is 0 Å². The van der Waals surface area contributed by atoms with Gasteiger partial charge in [0, 0.05) is 35.3 Å². The Morgan fingerprint density at radius 2 is 2.04 bits per heavy atom. The molecule has 4 aromatic rings. The summed E-state index contributed by atoms with van der Waals surface area (Å²) in [5.74, 6) is 0.297. The molecule has 3 aromatic heterocycles. The summed E-state index contributed by atoms with van der Waals surface area (Å²) in [7, 11) is 0. The summed E-state index contributed by atoms with van der Waals surface area (Å²) in [5, 5.41) is 12.9. The Balaban J connectivity index is 1.79. The van der Waals surface area contributed by atoms with Gasteiger partial charge in [0.1, 0.15) is 5.82 Å². The third-order valence-electron chi connectivity index (χ3n) is 4.25. The molecule has 8 heteroatoms. The monoisotopic (exact) mass is 350 g/mol. The van der Waals surface area contributed by atoms with Crippen LogP contribution in [0.2, 0.25) is 0 Å². The number of aromatic nitrogens is 5. The Labute approximate surface area is 148 Å². The molecule has 0 bridgehead atoms. The van der Waals surface area contributed by atoms with Crippen LogP contribution in [0.4, 0.5) is 5.82 Å². The molecule has 8 nitrogen and oxygen atoms in total. The van der Waals surface area contributed by atoms with Crippen molar-refractivity contribution in [2.75, 3.05) is 11.4 Å². The number of nitrogens with zero attached hydrogens (tertiary/aromatic N) is 2. The molecular weight excluding hydrogens is 332 g/mol. The van der Waals surface area contributed by atoms with Crippen LogP contribution in [0.25, 0.3) is 22.3 Å². The van der Waals surface area contributed by atoms with Crippen molar-refractivity contribution in [1.82, 2.24) is 25.4 Å². The van der Waals surface area contributed by atoms with Gasteiger partial charge >= 0.3 is 0 Å². The third-order valence-corrected chi connectivity index (χ3v) is 4.25. The second-order valence-electron chi connectivity index (χ2n) is 6.02. The van der Waals surface area contributed by atoms with Crippen molar-refractivity contribution in [2.45, 2.75) is 13.3 Å². The number of carbonyl (C=O) groups is 1. The highest BCUT2D eigenvalue weighted by molar-refractivity contribution is 6.14. The number of carbonyl (C=O) groups excluding carboxylic acids is 1. The van der Waals surface area contributed by atoms with E-state index in [1.807, 2.05) is 31.2 Å². The van der Waals surface area contributed by atoms with Crippen molar-refractivity contribution < 1.29 is 4.79 Å². The second-order valence-corrected chi connectivity index (χ2v) is 6.02. The molecule has 0 unspecified atom stereocenters. The first-order chi connectivity index (χ1) is 12.7. The number of hydrogen-bond donors (Lipinski definition) is 4. The van der Waals surface area contributed by atoms with Gasteiger partial charge < -0.3 is 4.98 Å². The molecule has 132 valence electrons. The fourth-order valence-corrected chi connectivity index (χ4v) is 3.06. The first-order valence-electron chi connectivity index (χ1n) is 8.38. The number of benzene rings is 1. The summed E-state index contributed by atoms with van der Waals surface area (Å²) >= 11 is 0. The lowest BCUT2D eigenvalue weighted by Crippen LogP contribution is -2.32. The third kappa shape index (κ3) is 2.71. The van der Waals surface area contributed by atoms with E-state index in [-0.39, 0.29) is 11.5 Å². The van der Waals surface area contributed by atoms with E-state index in [0.717, 1.165) is 28.7 Å². The second kappa shape index (κ2) is 6.40. The highest BCUT2D eigenvalue weighted by atomic mass is 16.2. The number of aromatic amines is 4. The molecule has 0 radical (unpaired) electrons. The van der Waals surface area contributed by atoms with Gasteiger partial charge in [-0.1, -0.05) is 13.0 Å². The number of anilines is 1. The van der Waals surface area contributed by atoms with Crippen LogP contribution in [0.5, 0.6) is 0 Å². The van der Waals surface area contributed by atoms with Gasteiger partial charge in [0.15, 0.2) is 0 Å². The van der Waals surface area contributed by atoms with Gasteiger partial charge in [-0.3, -0.25) is 29.8 Å². The molecule has 0 aliphatic heterocycles. The van der Waals surface area contributed by atoms with Gasteiger partial charge in [0.25, 0.3) is 11.5 Å². The van der Waals surface area contributed by atoms with Crippen molar-refractivity contribution in [2.24, 2.45) is 0 Å². The SMILES string of the molecule is CCCN(C(=O)c1cccc2[nH]c(-c3ccn[nH]3)cc12)c1cc(=O)[nH][nH]1. The molecule has 4 N–H and O–H groups in total. The lowest BCUT2D eigenvalue weighted by molar-refractivity contribution is 0.0987. The molecule has 26 heavy (non-hydrogen) atoms. The largest absolute Gasteiger partial charge is 0.353 e. The molecule has 0 spiro atoms. The van der Waals surface area contributed by atoms with Crippen LogP contribution < -0.4 is 10.5 Å². The van der Waals surface area contributed by atoms with E-state index in [1.165, 1.54) is 6.07 Å². The van der Waals surface area contributed by atoms with Crippen molar-refractivity contribution in [3.63, 3.8) is 0 Å².